The summed E-state index contributed by atoms with van der Waals surface area (Å²) in [6.07, 6.45) is 0. The Morgan fingerprint density at radius 3 is 1.57 bits per heavy atom. The zero-order chi connectivity index (χ0) is 15.9. The Hall–Kier alpha value is -0.743. The van der Waals surface area contributed by atoms with Gasteiger partial charge in [-0.05, 0) is 0 Å². The zero-order valence-electron chi connectivity index (χ0n) is 12.1. The van der Waals surface area contributed by atoms with Gasteiger partial charge in [0.15, 0.2) is 0 Å². The minimum absolute atomic E-state index is 0.940. The monoisotopic (exact) mass is 483 g/mol. The van der Waals surface area contributed by atoms with Gasteiger partial charge in [0.1, 0.15) is 0 Å². The Morgan fingerprint density at radius 1 is 0.739 bits per heavy atom. The molecule has 2 aromatic heterocycles. The van der Waals surface area contributed by atoms with E-state index in [0.29, 0.717) is 0 Å². The number of hydrogen-bond donors (Lipinski definition) is 0. The molecule has 0 bridgehead atoms. The molecule has 1 aliphatic heterocycles. The van der Waals surface area contributed by atoms with Crippen molar-refractivity contribution in [2.75, 3.05) is 0 Å². The molecule has 4 nitrogen and oxygen atoms in total. The molecular formula is C14H9Br2N4S2Si-. The Morgan fingerprint density at radius 2 is 1.13 bits per heavy atom. The average molecular weight is 485 g/mol. The van der Waals surface area contributed by atoms with Crippen LogP contribution < -0.4 is 10.4 Å². The van der Waals surface area contributed by atoms with E-state index in [1.807, 2.05) is 0 Å². The first-order valence-electron chi connectivity index (χ1n) is 7.14. The Labute approximate surface area is 157 Å². The predicted molar refractivity (Wildman–Crippen MR) is 107 cm³/mol. The summed E-state index contributed by atoms with van der Waals surface area (Å²) in [5.41, 5.74) is 6.32. The molecule has 9 heteroatoms. The number of rotatable bonds is 0. The summed E-state index contributed by atoms with van der Waals surface area (Å²) in [4.78, 5) is 0. The zero-order valence-corrected chi connectivity index (χ0v) is 18.1. The van der Waals surface area contributed by atoms with Crippen molar-refractivity contribution in [2.24, 2.45) is 0 Å². The van der Waals surface area contributed by atoms with E-state index in [-0.39, 0.29) is 0 Å². The molecule has 5 rings (SSSR count). The van der Waals surface area contributed by atoms with E-state index >= 15 is 0 Å². The van der Waals surface area contributed by atoms with Crippen LogP contribution in [-0.2, 0) is 0 Å². The van der Waals surface area contributed by atoms with E-state index in [1.54, 1.807) is 0 Å². The van der Waals surface area contributed by atoms with Crippen molar-refractivity contribution >= 4 is 95.8 Å². The summed E-state index contributed by atoms with van der Waals surface area (Å²) in [7, 11) is -2.15. The molecule has 0 radical (unpaired) electrons. The molecule has 4 aromatic rings. The number of nitrogens with zero attached hydrogens (tertiary/aromatic N) is 4. The van der Waals surface area contributed by atoms with E-state index in [9.17, 15) is 0 Å². The van der Waals surface area contributed by atoms with Gasteiger partial charge in [-0.15, -0.1) is 0 Å². The van der Waals surface area contributed by atoms with Gasteiger partial charge in [-0.3, -0.25) is 0 Å². The van der Waals surface area contributed by atoms with Crippen molar-refractivity contribution in [1.29, 1.82) is 0 Å². The number of hydrogen-bond acceptors (Lipinski definition) is 6. The third kappa shape index (κ3) is 1.74. The van der Waals surface area contributed by atoms with Gasteiger partial charge in [0.2, 0.25) is 0 Å². The Balaban J connectivity index is 2.08. The van der Waals surface area contributed by atoms with Gasteiger partial charge in [-0.1, -0.05) is 0 Å². The van der Waals surface area contributed by atoms with Crippen LogP contribution in [0.3, 0.4) is 0 Å². The average Bonchev–Trinajstić information content (AvgIpc) is 3.19. The fourth-order valence-corrected chi connectivity index (χ4v) is 10.1. The first-order chi connectivity index (χ1) is 11.0. The van der Waals surface area contributed by atoms with E-state index in [0.717, 1.165) is 31.0 Å². The summed E-state index contributed by atoms with van der Waals surface area (Å²) in [6.45, 7) is 4.82. The number of halogens is 2. The number of aromatic nitrogens is 4. The molecule has 23 heavy (non-hydrogen) atoms. The van der Waals surface area contributed by atoms with Crippen molar-refractivity contribution in [1.82, 2.24) is 17.5 Å². The normalized spacial score (nSPS) is 16.7. The van der Waals surface area contributed by atoms with Gasteiger partial charge in [0.05, 0.1) is 0 Å². The summed E-state index contributed by atoms with van der Waals surface area (Å²) in [5, 5.41) is 2.85. The van der Waals surface area contributed by atoms with Gasteiger partial charge in [0.25, 0.3) is 0 Å². The molecule has 0 spiro atoms. The second-order valence-electron chi connectivity index (χ2n) is 6.44. The topological polar surface area (TPSA) is 51.6 Å². The molecule has 0 fully saturated rings. The van der Waals surface area contributed by atoms with Crippen molar-refractivity contribution < 1.29 is 0 Å². The third-order valence-corrected chi connectivity index (χ3v) is 11.1. The first kappa shape index (κ1) is 14.6. The fourth-order valence-electron chi connectivity index (χ4n) is 3.68. The van der Waals surface area contributed by atoms with Crippen molar-refractivity contribution in [3.63, 3.8) is 0 Å². The van der Waals surface area contributed by atoms with Crippen LogP contribution in [0.2, 0.25) is 13.1 Å². The van der Waals surface area contributed by atoms with Crippen molar-refractivity contribution in [3.8, 4) is 11.1 Å². The maximum atomic E-state index is 4.60. The molecule has 0 saturated heterocycles. The summed E-state index contributed by atoms with van der Waals surface area (Å²) >= 11 is 9.89. The minimum atomic E-state index is -2.15. The first-order valence-corrected chi connectivity index (χ1v) is 13.7. The van der Waals surface area contributed by atoms with Gasteiger partial charge in [-0.2, -0.15) is 0 Å². The van der Waals surface area contributed by atoms with Crippen LogP contribution in [0, 0.1) is 0 Å². The second kappa shape index (κ2) is 4.66. The Bertz CT molecular complexity index is 1050. The standard InChI is InChI=1S/C14H9Br2N4S2Si/c1-23(2)7-3-5(15)11-13(19-21-17-11)9(7)10-8(23)4-6(16)12-14(10)20-22-18-12/h3-4,23H,1-2H3/q-1. The van der Waals surface area contributed by atoms with Gasteiger partial charge >= 0.3 is 159 Å². The van der Waals surface area contributed by atoms with Crippen LogP contribution in [0.1, 0.15) is 0 Å². The molecule has 0 N–H and O–H groups in total. The van der Waals surface area contributed by atoms with Gasteiger partial charge < -0.3 is 0 Å². The molecule has 1 aliphatic rings. The van der Waals surface area contributed by atoms with E-state index in [1.165, 1.54) is 45.0 Å². The van der Waals surface area contributed by atoms with Crippen LogP contribution in [-0.4, -0.2) is 25.6 Å². The van der Waals surface area contributed by atoms with Crippen LogP contribution >= 0.6 is 55.3 Å². The SMILES string of the molecule is C[SiH-]1(C)c2cc(Br)c3nsnc3c2-c2c1cc(Br)c1nsnc21. The maximum absolute atomic E-state index is 4.60. The molecule has 0 saturated carbocycles. The molecular weight excluding hydrogens is 476 g/mol. The van der Waals surface area contributed by atoms with E-state index < -0.39 is 8.07 Å². The molecule has 0 atom stereocenters. The number of benzene rings is 2. The second-order valence-corrected chi connectivity index (χ2v) is 14.2. The van der Waals surface area contributed by atoms with E-state index in [2.05, 4.69) is 74.6 Å². The fraction of sp³-hybridized carbons (Fsp3) is 0.143. The van der Waals surface area contributed by atoms with Crippen LogP contribution in [0.15, 0.2) is 21.1 Å². The van der Waals surface area contributed by atoms with Crippen molar-refractivity contribution in [3.05, 3.63) is 21.1 Å². The third-order valence-electron chi connectivity index (χ3n) is 4.85. The molecule has 3 heterocycles. The molecule has 2 aromatic carbocycles. The molecule has 0 amide bonds. The summed E-state index contributed by atoms with van der Waals surface area (Å²) < 4.78 is 20.2. The summed E-state index contributed by atoms with van der Waals surface area (Å²) in [6, 6.07) is 4.51. The molecule has 0 aliphatic carbocycles. The predicted octanol–water partition coefficient (Wildman–Crippen LogP) is 3.76. The quantitative estimate of drug-likeness (QED) is 0.356. The van der Waals surface area contributed by atoms with Crippen LogP contribution in [0.4, 0.5) is 0 Å². The summed E-state index contributed by atoms with van der Waals surface area (Å²) in [5.74, 6) is 0. The van der Waals surface area contributed by atoms with Crippen molar-refractivity contribution in [2.45, 2.75) is 13.1 Å². The molecule has 0 unspecified atom stereocenters. The van der Waals surface area contributed by atoms with Crippen LogP contribution in [0.25, 0.3) is 33.2 Å². The van der Waals surface area contributed by atoms with E-state index in [4.69, 9.17) is 0 Å². The van der Waals surface area contributed by atoms with Gasteiger partial charge in [-0.25, -0.2) is 0 Å². The molecule has 116 valence electrons. The van der Waals surface area contributed by atoms with Crippen LogP contribution in [0.5, 0.6) is 0 Å². The number of fused-ring (bicyclic) bond motifs is 7. The van der Waals surface area contributed by atoms with Gasteiger partial charge in [0, 0.05) is 0 Å². The Kier molecular flexibility index (Phi) is 2.96.